The fourth-order valence-corrected chi connectivity index (χ4v) is 3.48. The van der Waals surface area contributed by atoms with Crippen LogP contribution in [0.25, 0.3) is 10.9 Å². The summed E-state index contributed by atoms with van der Waals surface area (Å²) in [7, 11) is 1.83. The van der Waals surface area contributed by atoms with Crippen LogP contribution in [0.1, 0.15) is 19.8 Å². The van der Waals surface area contributed by atoms with E-state index in [0.29, 0.717) is 11.7 Å². The van der Waals surface area contributed by atoms with Gasteiger partial charge in [0.05, 0.1) is 16.9 Å². The SMILES string of the molecule is CNc1nc(S[C@H](C)C(=O)NC[C@H]2CCCO2)nc2ccccc12. The summed E-state index contributed by atoms with van der Waals surface area (Å²) >= 11 is 1.36. The van der Waals surface area contributed by atoms with Gasteiger partial charge in [-0.1, -0.05) is 23.9 Å². The first kappa shape index (κ1) is 17.0. The van der Waals surface area contributed by atoms with E-state index in [1.807, 2.05) is 38.2 Å². The molecule has 1 fully saturated rings. The van der Waals surface area contributed by atoms with E-state index in [0.717, 1.165) is 36.2 Å². The van der Waals surface area contributed by atoms with E-state index in [1.54, 1.807) is 0 Å². The Bertz CT molecular complexity index is 719. The van der Waals surface area contributed by atoms with Gasteiger partial charge in [-0.2, -0.15) is 0 Å². The van der Waals surface area contributed by atoms with Crippen LogP contribution in [0.2, 0.25) is 0 Å². The second kappa shape index (κ2) is 7.81. The summed E-state index contributed by atoms with van der Waals surface area (Å²) in [6.45, 7) is 3.24. The van der Waals surface area contributed by atoms with Crippen molar-refractivity contribution in [3.63, 3.8) is 0 Å². The third-order valence-corrected chi connectivity index (χ3v) is 4.96. The number of benzene rings is 1. The van der Waals surface area contributed by atoms with Crippen LogP contribution in [0.15, 0.2) is 29.4 Å². The minimum Gasteiger partial charge on any atom is -0.376 e. The Hall–Kier alpha value is -1.86. The lowest BCUT2D eigenvalue weighted by Crippen LogP contribution is -2.36. The average molecular weight is 346 g/mol. The van der Waals surface area contributed by atoms with Crippen LogP contribution >= 0.6 is 11.8 Å². The van der Waals surface area contributed by atoms with Gasteiger partial charge in [0, 0.05) is 25.6 Å². The molecule has 0 saturated carbocycles. The molecule has 1 aromatic carbocycles. The fraction of sp³-hybridized carbons (Fsp3) is 0.471. The molecule has 2 aromatic rings. The lowest BCUT2D eigenvalue weighted by Gasteiger charge is -2.15. The van der Waals surface area contributed by atoms with Crippen molar-refractivity contribution in [2.45, 2.75) is 36.3 Å². The lowest BCUT2D eigenvalue weighted by molar-refractivity contribution is -0.120. The fourth-order valence-electron chi connectivity index (χ4n) is 2.67. The van der Waals surface area contributed by atoms with E-state index >= 15 is 0 Å². The van der Waals surface area contributed by atoms with Crippen LogP contribution in [-0.2, 0) is 9.53 Å². The van der Waals surface area contributed by atoms with E-state index in [4.69, 9.17) is 4.74 Å². The molecule has 1 aliphatic rings. The normalized spacial score (nSPS) is 18.5. The van der Waals surface area contributed by atoms with Crippen molar-refractivity contribution in [2.75, 3.05) is 25.5 Å². The van der Waals surface area contributed by atoms with Crippen LogP contribution in [0.5, 0.6) is 0 Å². The topological polar surface area (TPSA) is 76.1 Å². The average Bonchev–Trinajstić information content (AvgIpc) is 3.12. The molecule has 7 heteroatoms. The summed E-state index contributed by atoms with van der Waals surface area (Å²) < 4.78 is 5.53. The molecular weight excluding hydrogens is 324 g/mol. The predicted octanol–water partition coefficient (Wildman–Crippen LogP) is 2.45. The van der Waals surface area contributed by atoms with Gasteiger partial charge in [0.25, 0.3) is 0 Å². The first-order chi connectivity index (χ1) is 11.7. The van der Waals surface area contributed by atoms with Gasteiger partial charge in [0.15, 0.2) is 5.16 Å². The zero-order chi connectivity index (χ0) is 16.9. The Balaban J connectivity index is 1.65. The Labute approximate surface area is 145 Å². The number of para-hydroxylation sites is 1. The van der Waals surface area contributed by atoms with Gasteiger partial charge in [0.1, 0.15) is 5.82 Å². The molecule has 24 heavy (non-hydrogen) atoms. The Morgan fingerprint density at radius 2 is 2.25 bits per heavy atom. The highest BCUT2D eigenvalue weighted by Crippen LogP contribution is 2.26. The highest BCUT2D eigenvalue weighted by Gasteiger charge is 2.20. The second-order valence-corrected chi connectivity index (χ2v) is 7.07. The monoisotopic (exact) mass is 346 g/mol. The van der Waals surface area contributed by atoms with Gasteiger partial charge in [-0.15, -0.1) is 0 Å². The number of carbonyl (C=O) groups is 1. The number of anilines is 1. The summed E-state index contributed by atoms with van der Waals surface area (Å²) in [5.74, 6) is 0.758. The third kappa shape index (κ3) is 3.96. The van der Waals surface area contributed by atoms with E-state index in [1.165, 1.54) is 11.8 Å². The number of hydrogen-bond donors (Lipinski definition) is 2. The maximum absolute atomic E-state index is 12.3. The van der Waals surface area contributed by atoms with Crippen molar-refractivity contribution in [1.29, 1.82) is 0 Å². The molecule has 1 amide bonds. The van der Waals surface area contributed by atoms with E-state index in [9.17, 15) is 4.79 Å². The van der Waals surface area contributed by atoms with Crippen molar-refractivity contribution in [2.24, 2.45) is 0 Å². The number of thioether (sulfide) groups is 1. The number of rotatable bonds is 6. The van der Waals surface area contributed by atoms with Gasteiger partial charge in [-0.25, -0.2) is 9.97 Å². The van der Waals surface area contributed by atoms with Gasteiger partial charge in [-0.3, -0.25) is 4.79 Å². The van der Waals surface area contributed by atoms with Crippen molar-refractivity contribution in [3.8, 4) is 0 Å². The van der Waals surface area contributed by atoms with E-state index in [-0.39, 0.29) is 17.3 Å². The maximum atomic E-state index is 12.3. The quantitative estimate of drug-likeness (QED) is 0.618. The van der Waals surface area contributed by atoms with Crippen LogP contribution in [-0.4, -0.2) is 47.4 Å². The van der Waals surface area contributed by atoms with E-state index < -0.39 is 0 Å². The van der Waals surface area contributed by atoms with Gasteiger partial charge < -0.3 is 15.4 Å². The standard InChI is InChI=1S/C17H22N4O2S/c1-11(16(22)19-10-12-6-5-9-23-12)24-17-20-14-8-4-3-7-13(14)15(18-2)21-17/h3-4,7-8,11-12H,5-6,9-10H2,1-2H3,(H,19,22)(H,18,20,21)/t11-,12-/m1/s1. The molecule has 0 radical (unpaired) electrons. The van der Waals surface area contributed by atoms with Gasteiger partial charge in [-0.05, 0) is 31.9 Å². The van der Waals surface area contributed by atoms with Crippen LogP contribution in [0.3, 0.4) is 0 Å². The molecule has 6 nitrogen and oxygen atoms in total. The van der Waals surface area contributed by atoms with Crippen molar-refractivity contribution in [1.82, 2.24) is 15.3 Å². The molecule has 2 N–H and O–H groups in total. The Kier molecular flexibility index (Phi) is 5.52. The first-order valence-corrected chi connectivity index (χ1v) is 9.06. The van der Waals surface area contributed by atoms with E-state index in [2.05, 4.69) is 20.6 Å². The van der Waals surface area contributed by atoms with Crippen LogP contribution in [0.4, 0.5) is 5.82 Å². The molecule has 128 valence electrons. The molecule has 0 aliphatic carbocycles. The second-order valence-electron chi connectivity index (χ2n) is 5.76. The molecule has 1 aliphatic heterocycles. The molecule has 0 spiro atoms. The van der Waals surface area contributed by atoms with Crippen molar-refractivity contribution >= 4 is 34.4 Å². The molecule has 1 saturated heterocycles. The minimum atomic E-state index is -0.266. The minimum absolute atomic E-state index is 0.0155. The number of ether oxygens (including phenoxy) is 1. The Morgan fingerprint density at radius 1 is 1.42 bits per heavy atom. The predicted molar refractivity (Wildman–Crippen MR) is 96.4 cm³/mol. The van der Waals surface area contributed by atoms with Gasteiger partial charge in [0.2, 0.25) is 5.91 Å². The molecule has 1 aromatic heterocycles. The number of aromatic nitrogens is 2. The summed E-state index contributed by atoms with van der Waals surface area (Å²) in [5, 5.41) is 7.35. The number of amides is 1. The lowest BCUT2D eigenvalue weighted by atomic mass is 10.2. The highest BCUT2D eigenvalue weighted by molar-refractivity contribution is 8.00. The zero-order valence-electron chi connectivity index (χ0n) is 13.9. The van der Waals surface area contributed by atoms with Crippen molar-refractivity contribution < 1.29 is 9.53 Å². The summed E-state index contributed by atoms with van der Waals surface area (Å²) in [6.07, 6.45) is 2.24. The third-order valence-electron chi connectivity index (χ3n) is 4.00. The van der Waals surface area contributed by atoms with Crippen LogP contribution < -0.4 is 10.6 Å². The maximum Gasteiger partial charge on any atom is 0.233 e. The Morgan fingerprint density at radius 3 is 3.00 bits per heavy atom. The largest absolute Gasteiger partial charge is 0.376 e. The summed E-state index contributed by atoms with van der Waals surface area (Å²) in [5.41, 5.74) is 0.867. The number of fused-ring (bicyclic) bond motifs is 1. The number of carbonyl (C=O) groups excluding carboxylic acids is 1. The highest BCUT2D eigenvalue weighted by atomic mass is 32.2. The first-order valence-electron chi connectivity index (χ1n) is 8.18. The number of hydrogen-bond acceptors (Lipinski definition) is 6. The van der Waals surface area contributed by atoms with Gasteiger partial charge >= 0.3 is 0 Å². The smallest absolute Gasteiger partial charge is 0.233 e. The van der Waals surface area contributed by atoms with Crippen molar-refractivity contribution in [3.05, 3.63) is 24.3 Å². The summed E-state index contributed by atoms with van der Waals surface area (Å²) in [4.78, 5) is 21.3. The summed E-state index contributed by atoms with van der Waals surface area (Å²) in [6, 6.07) is 7.83. The molecular formula is C17H22N4O2S. The molecule has 3 rings (SSSR count). The number of nitrogens with zero attached hydrogens (tertiary/aromatic N) is 2. The van der Waals surface area contributed by atoms with Crippen LogP contribution in [0, 0.1) is 0 Å². The molecule has 0 bridgehead atoms. The molecule has 2 heterocycles. The zero-order valence-corrected chi connectivity index (χ0v) is 14.7. The molecule has 0 unspecified atom stereocenters. The number of nitrogens with one attached hydrogen (secondary N) is 2. The molecule has 2 atom stereocenters.